The maximum atomic E-state index is 13.0. The van der Waals surface area contributed by atoms with Crippen LogP contribution in [0.15, 0.2) is 84.8 Å². The Hall–Kier alpha value is -5.63. The van der Waals surface area contributed by atoms with Gasteiger partial charge in [0, 0.05) is 49.9 Å². The van der Waals surface area contributed by atoms with E-state index in [0.29, 0.717) is 59.4 Å². The van der Waals surface area contributed by atoms with Crippen molar-refractivity contribution in [2.45, 2.75) is 12.5 Å². The normalized spacial score (nSPS) is 15.1. The van der Waals surface area contributed by atoms with E-state index in [1.165, 1.54) is 6.08 Å². The number of nitrogens with zero attached hydrogens (tertiary/aromatic N) is 5. The molecule has 1 saturated heterocycles. The molecule has 40 heavy (non-hydrogen) atoms. The second-order valence-electron chi connectivity index (χ2n) is 9.12. The van der Waals surface area contributed by atoms with Crippen LogP contribution < -0.4 is 14.8 Å². The van der Waals surface area contributed by atoms with Gasteiger partial charge in [0.25, 0.3) is 5.91 Å². The number of pyridine rings is 1. The van der Waals surface area contributed by atoms with Crippen LogP contribution in [-0.2, 0) is 4.79 Å². The van der Waals surface area contributed by atoms with Gasteiger partial charge in [0.15, 0.2) is 11.5 Å². The molecule has 0 saturated carbocycles. The molecule has 198 valence electrons. The number of nitrogens with one attached hydrogen (secondary N) is 3. The van der Waals surface area contributed by atoms with E-state index in [0.717, 1.165) is 5.75 Å². The standard InChI is InChI=1S/C29H24N8O3/c30-17-19(16-25-31-13-14-32-25)29(38)37-15-11-20(18-37)34-28-26-24(10-12-33-27(26)35-36-28)40-23-8-6-22(7-9-23)39-21-4-2-1-3-5-21/h1-10,12-14,16,20H,11,15,18H2,(H,31,32)(H2,33,34,35,36). The van der Waals surface area contributed by atoms with Gasteiger partial charge in [-0.15, -0.1) is 0 Å². The number of hydrogen-bond acceptors (Lipinski definition) is 8. The minimum absolute atomic E-state index is 0.0286. The predicted molar refractivity (Wildman–Crippen MR) is 148 cm³/mol. The maximum absolute atomic E-state index is 13.0. The second kappa shape index (κ2) is 11.0. The summed E-state index contributed by atoms with van der Waals surface area (Å²) in [5.41, 5.74) is 0.601. The van der Waals surface area contributed by atoms with Crippen molar-refractivity contribution in [1.29, 1.82) is 5.26 Å². The number of amides is 1. The van der Waals surface area contributed by atoms with Crippen molar-refractivity contribution in [3.8, 4) is 29.1 Å². The van der Waals surface area contributed by atoms with Gasteiger partial charge in [0.1, 0.15) is 45.9 Å². The summed E-state index contributed by atoms with van der Waals surface area (Å²) >= 11 is 0. The van der Waals surface area contributed by atoms with E-state index in [9.17, 15) is 10.1 Å². The Balaban J connectivity index is 1.14. The van der Waals surface area contributed by atoms with Crippen LogP contribution in [-0.4, -0.2) is 55.1 Å². The van der Waals surface area contributed by atoms with Crippen molar-refractivity contribution in [2.75, 3.05) is 18.4 Å². The molecule has 1 fully saturated rings. The summed E-state index contributed by atoms with van der Waals surface area (Å²) in [7, 11) is 0. The first-order chi connectivity index (χ1) is 19.7. The molecule has 1 unspecified atom stereocenters. The summed E-state index contributed by atoms with van der Waals surface area (Å²) in [6.07, 6.45) is 7.01. The molecule has 1 aliphatic rings. The molecule has 0 aliphatic carbocycles. The number of nitriles is 1. The number of fused-ring (bicyclic) bond motifs is 1. The average molecular weight is 533 g/mol. The number of likely N-dealkylation sites (tertiary alicyclic amines) is 1. The number of para-hydroxylation sites is 1. The first-order valence-electron chi connectivity index (χ1n) is 12.7. The average Bonchev–Trinajstić information content (AvgIpc) is 3.76. The first-order valence-corrected chi connectivity index (χ1v) is 12.7. The minimum atomic E-state index is -0.333. The molecule has 5 aromatic rings. The smallest absolute Gasteiger partial charge is 0.264 e. The number of aromatic amines is 2. The summed E-state index contributed by atoms with van der Waals surface area (Å²) < 4.78 is 12.1. The Bertz CT molecular complexity index is 1690. The number of carbonyl (C=O) groups is 1. The van der Waals surface area contributed by atoms with Crippen LogP contribution in [0.5, 0.6) is 23.0 Å². The number of carbonyl (C=O) groups excluding carboxylic acids is 1. The third-order valence-electron chi connectivity index (χ3n) is 6.42. The zero-order valence-corrected chi connectivity index (χ0v) is 21.2. The highest BCUT2D eigenvalue weighted by Crippen LogP contribution is 2.34. The Morgan fingerprint density at radius 2 is 1.80 bits per heavy atom. The third-order valence-corrected chi connectivity index (χ3v) is 6.42. The molecule has 6 rings (SSSR count). The van der Waals surface area contributed by atoms with Crippen LogP contribution in [0.2, 0.25) is 0 Å². The van der Waals surface area contributed by atoms with E-state index < -0.39 is 0 Å². The van der Waals surface area contributed by atoms with Gasteiger partial charge in [-0.2, -0.15) is 10.4 Å². The van der Waals surface area contributed by atoms with Gasteiger partial charge in [0.2, 0.25) is 0 Å². The third kappa shape index (κ3) is 5.32. The Morgan fingerprint density at radius 1 is 1.02 bits per heavy atom. The summed E-state index contributed by atoms with van der Waals surface area (Å²) in [5, 5.41) is 21.0. The Morgan fingerprint density at radius 3 is 2.55 bits per heavy atom. The fourth-order valence-corrected chi connectivity index (χ4v) is 4.50. The first kappa shape index (κ1) is 24.7. The lowest BCUT2D eigenvalue weighted by atomic mass is 10.2. The number of anilines is 1. The maximum Gasteiger partial charge on any atom is 0.264 e. The molecule has 3 aromatic heterocycles. The predicted octanol–water partition coefficient (Wildman–Crippen LogP) is 4.89. The molecule has 3 N–H and O–H groups in total. The van der Waals surface area contributed by atoms with Gasteiger partial charge in [0.05, 0.1) is 0 Å². The van der Waals surface area contributed by atoms with E-state index in [1.807, 2.05) is 60.7 Å². The summed E-state index contributed by atoms with van der Waals surface area (Å²) in [6, 6.07) is 20.6. The van der Waals surface area contributed by atoms with Crippen molar-refractivity contribution in [3.63, 3.8) is 0 Å². The number of hydrogen-bond donors (Lipinski definition) is 3. The van der Waals surface area contributed by atoms with Crippen LogP contribution >= 0.6 is 0 Å². The zero-order chi connectivity index (χ0) is 27.3. The zero-order valence-electron chi connectivity index (χ0n) is 21.2. The molecule has 2 aromatic carbocycles. The molecule has 1 amide bonds. The van der Waals surface area contributed by atoms with E-state index in [4.69, 9.17) is 9.47 Å². The van der Waals surface area contributed by atoms with Gasteiger partial charge in [-0.25, -0.2) is 9.97 Å². The van der Waals surface area contributed by atoms with E-state index in [-0.39, 0.29) is 17.5 Å². The molecule has 1 atom stereocenters. The number of rotatable bonds is 8. The van der Waals surface area contributed by atoms with Crippen LogP contribution in [0.1, 0.15) is 12.2 Å². The lowest BCUT2D eigenvalue weighted by molar-refractivity contribution is -0.125. The SMILES string of the molecule is N#CC(=Cc1ncc[nH]1)C(=O)N1CCC(Nc2n[nH]c3nccc(Oc4ccc(Oc5ccccc5)cc4)c23)C1. The monoisotopic (exact) mass is 532 g/mol. The molecule has 1 aliphatic heterocycles. The van der Waals surface area contributed by atoms with Crippen molar-refractivity contribution < 1.29 is 14.3 Å². The van der Waals surface area contributed by atoms with Gasteiger partial charge in [-0.05, 0) is 42.8 Å². The van der Waals surface area contributed by atoms with Gasteiger partial charge in [-0.1, -0.05) is 18.2 Å². The highest BCUT2D eigenvalue weighted by molar-refractivity contribution is 6.01. The van der Waals surface area contributed by atoms with Crippen LogP contribution in [0, 0.1) is 11.3 Å². The van der Waals surface area contributed by atoms with Gasteiger partial charge < -0.3 is 24.7 Å². The number of H-pyrrole nitrogens is 2. The summed E-state index contributed by atoms with van der Waals surface area (Å²) in [4.78, 5) is 25.9. The number of aromatic nitrogens is 5. The van der Waals surface area contributed by atoms with Crippen LogP contribution in [0.25, 0.3) is 17.1 Å². The van der Waals surface area contributed by atoms with E-state index in [1.54, 1.807) is 29.6 Å². The quantitative estimate of drug-likeness (QED) is 0.189. The molecular weight excluding hydrogens is 508 g/mol. The Labute approximate surface area is 229 Å². The lowest BCUT2D eigenvalue weighted by Crippen LogP contribution is -2.32. The minimum Gasteiger partial charge on any atom is -0.457 e. The second-order valence-corrected chi connectivity index (χ2v) is 9.12. The molecular formula is C29H24N8O3. The molecule has 11 heteroatoms. The van der Waals surface area contributed by atoms with Crippen LogP contribution in [0.3, 0.4) is 0 Å². The highest BCUT2D eigenvalue weighted by Gasteiger charge is 2.29. The highest BCUT2D eigenvalue weighted by atomic mass is 16.5. The Kier molecular flexibility index (Phi) is 6.79. The number of ether oxygens (including phenoxy) is 2. The van der Waals surface area contributed by atoms with Crippen LogP contribution in [0.4, 0.5) is 5.82 Å². The van der Waals surface area contributed by atoms with Gasteiger partial charge in [-0.3, -0.25) is 9.89 Å². The van der Waals surface area contributed by atoms with Crippen molar-refractivity contribution in [2.24, 2.45) is 0 Å². The molecule has 11 nitrogen and oxygen atoms in total. The molecule has 0 bridgehead atoms. The fourth-order valence-electron chi connectivity index (χ4n) is 4.50. The topological polar surface area (TPSA) is 145 Å². The van der Waals surface area contributed by atoms with E-state index in [2.05, 4.69) is 30.5 Å². The van der Waals surface area contributed by atoms with E-state index >= 15 is 0 Å². The molecule has 4 heterocycles. The summed E-state index contributed by atoms with van der Waals surface area (Å²) in [5.74, 6) is 3.37. The lowest BCUT2D eigenvalue weighted by Gasteiger charge is -2.17. The van der Waals surface area contributed by atoms with Crippen molar-refractivity contribution in [3.05, 3.63) is 90.7 Å². The number of imidazole rings is 1. The van der Waals surface area contributed by atoms with Crippen molar-refractivity contribution in [1.82, 2.24) is 30.0 Å². The van der Waals surface area contributed by atoms with Crippen molar-refractivity contribution >= 4 is 28.8 Å². The number of benzene rings is 2. The van der Waals surface area contributed by atoms with Gasteiger partial charge >= 0.3 is 0 Å². The molecule has 0 spiro atoms. The summed E-state index contributed by atoms with van der Waals surface area (Å²) in [6.45, 7) is 0.929. The fraction of sp³-hybridized carbons (Fsp3) is 0.138. The largest absolute Gasteiger partial charge is 0.457 e. The molecule has 0 radical (unpaired) electrons.